The van der Waals surface area contributed by atoms with E-state index in [1.807, 2.05) is 18.2 Å². The third-order valence-corrected chi connectivity index (χ3v) is 5.66. The SMILES string of the molecule is CC1(C)C[C@H]([C@@H](CCNC(=O)c2ccccc2C(=O)[O-])c2ccccc2)CCO1. The molecule has 154 valence electrons. The number of amides is 1. The summed E-state index contributed by atoms with van der Waals surface area (Å²) in [6, 6.07) is 16.5. The van der Waals surface area contributed by atoms with Crippen molar-refractivity contribution in [3.8, 4) is 0 Å². The van der Waals surface area contributed by atoms with Gasteiger partial charge in [-0.3, -0.25) is 4.79 Å². The van der Waals surface area contributed by atoms with E-state index in [2.05, 4.69) is 31.3 Å². The Labute approximate surface area is 172 Å². The van der Waals surface area contributed by atoms with E-state index in [0.717, 1.165) is 25.9 Å². The molecule has 0 saturated carbocycles. The number of carboxylic acid groups (broad SMARTS) is 1. The molecule has 1 aliphatic rings. The molecule has 0 aromatic heterocycles. The second-order valence-electron chi connectivity index (χ2n) is 8.26. The van der Waals surface area contributed by atoms with Gasteiger partial charge in [0.05, 0.1) is 11.6 Å². The maximum Gasteiger partial charge on any atom is 0.251 e. The minimum atomic E-state index is -1.35. The van der Waals surface area contributed by atoms with E-state index >= 15 is 0 Å². The van der Waals surface area contributed by atoms with Crippen molar-refractivity contribution >= 4 is 11.9 Å². The maximum absolute atomic E-state index is 12.5. The Bertz CT molecular complexity index is 847. The van der Waals surface area contributed by atoms with Crippen LogP contribution in [-0.2, 0) is 4.74 Å². The van der Waals surface area contributed by atoms with Crippen LogP contribution in [0.25, 0.3) is 0 Å². The van der Waals surface area contributed by atoms with Gasteiger partial charge >= 0.3 is 0 Å². The Balaban J connectivity index is 1.69. The first kappa shape index (κ1) is 21.1. The lowest BCUT2D eigenvalue weighted by Gasteiger charge is -2.39. The molecule has 5 heteroatoms. The van der Waals surface area contributed by atoms with E-state index in [-0.39, 0.29) is 22.6 Å². The van der Waals surface area contributed by atoms with Crippen molar-refractivity contribution in [1.29, 1.82) is 0 Å². The number of rotatable bonds is 7. The molecule has 0 radical (unpaired) electrons. The average Bonchev–Trinajstić information content (AvgIpc) is 2.71. The summed E-state index contributed by atoms with van der Waals surface area (Å²) in [6.07, 6.45) is 2.74. The Hall–Kier alpha value is -2.66. The molecule has 1 N–H and O–H groups in total. The van der Waals surface area contributed by atoms with Crippen molar-refractivity contribution in [3.63, 3.8) is 0 Å². The third kappa shape index (κ3) is 5.45. The molecule has 0 spiro atoms. The van der Waals surface area contributed by atoms with Crippen LogP contribution in [0.1, 0.15) is 65.3 Å². The number of hydrogen-bond acceptors (Lipinski definition) is 4. The van der Waals surface area contributed by atoms with Crippen LogP contribution in [0.2, 0.25) is 0 Å². The Morgan fingerprint density at radius 1 is 1.10 bits per heavy atom. The van der Waals surface area contributed by atoms with Crippen molar-refractivity contribution in [2.45, 2.75) is 44.6 Å². The van der Waals surface area contributed by atoms with Gasteiger partial charge in [-0.25, -0.2) is 0 Å². The van der Waals surface area contributed by atoms with Crippen molar-refractivity contribution in [2.75, 3.05) is 13.2 Å². The van der Waals surface area contributed by atoms with E-state index in [9.17, 15) is 14.7 Å². The van der Waals surface area contributed by atoms with Crippen molar-refractivity contribution in [2.24, 2.45) is 5.92 Å². The van der Waals surface area contributed by atoms with Gasteiger partial charge in [0.25, 0.3) is 5.91 Å². The summed E-state index contributed by atoms with van der Waals surface area (Å²) in [7, 11) is 0. The highest BCUT2D eigenvalue weighted by atomic mass is 16.5. The van der Waals surface area contributed by atoms with Gasteiger partial charge in [-0.2, -0.15) is 0 Å². The van der Waals surface area contributed by atoms with Crippen LogP contribution in [0.15, 0.2) is 54.6 Å². The van der Waals surface area contributed by atoms with Crippen LogP contribution in [0.3, 0.4) is 0 Å². The highest BCUT2D eigenvalue weighted by Crippen LogP contribution is 2.39. The van der Waals surface area contributed by atoms with Gasteiger partial charge in [0.15, 0.2) is 0 Å². The smallest absolute Gasteiger partial charge is 0.251 e. The summed E-state index contributed by atoms with van der Waals surface area (Å²) < 4.78 is 5.89. The molecule has 1 saturated heterocycles. The number of carbonyl (C=O) groups excluding carboxylic acids is 2. The molecule has 0 bridgehead atoms. The fraction of sp³-hybridized carbons (Fsp3) is 0.417. The van der Waals surface area contributed by atoms with Gasteiger partial charge < -0.3 is 20.0 Å². The number of carbonyl (C=O) groups is 2. The zero-order valence-corrected chi connectivity index (χ0v) is 17.0. The number of nitrogens with one attached hydrogen (secondary N) is 1. The first-order chi connectivity index (χ1) is 13.9. The number of hydrogen-bond donors (Lipinski definition) is 1. The third-order valence-electron chi connectivity index (χ3n) is 5.66. The molecule has 1 heterocycles. The monoisotopic (exact) mass is 394 g/mol. The molecule has 3 rings (SSSR count). The summed E-state index contributed by atoms with van der Waals surface area (Å²) in [5.74, 6) is -0.962. The van der Waals surface area contributed by atoms with Crippen LogP contribution < -0.4 is 10.4 Å². The van der Waals surface area contributed by atoms with Gasteiger partial charge in [-0.05, 0) is 56.6 Å². The van der Waals surface area contributed by atoms with Crippen molar-refractivity contribution in [1.82, 2.24) is 5.32 Å². The summed E-state index contributed by atoms with van der Waals surface area (Å²) >= 11 is 0. The standard InChI is InChI=1S/C24H29NO4/c1-24(2)16-18(13-15-29-24)19(17-8-4-3-5-9-17)12-14-25-22(26)20-10-6-7-11-21(20)23(27)28/h3-11,18-19H,12-16H2,1-2H3,(H,25,26)(H,27,28)/p-1/t18-,19+/m1/s1. The quantitative estimate of drug-likeness (QED) is 0.782. The van der Waals surface area contributed by atoms with Crippen LogP contribution in [0.5, 0.6) is 0 Å². The zero-order chi connectivity index (χ0) is 20.9. The van der Waals surface area contributed by atoms with E-state index in [4.69, 9.17) is 4.74 Å². The van der Waals surface area contributed by atoms with E-state index in [1.165, 1.54) is 17.7 Å². The van der Waals surface area contributed by atoms with Crippen molar-refractivity contribution in [3.05, 3.63) is 71.3 Å². The summed E-state index contributed by atoms with van der Waals surface area (Å²) in [5.41, 5.74) is 1.17. The predicted molar refractivity (Wildman–Crippen MR) is 110 cm³/mol. The molecule has 1 amide bonds. The molecule has 5 nitrogen and oxygen atoms in total. The zero-order valence-electron chi connectivity index (χ0n) is 17.0. The van der Waals surface area contributed by atoms with E-state index < -0.39 is 5.97 Å². The maximum atomic E-state index is 12.5. The van der Waals surface area contributed by atoms with Gasteiger partial charge in [0, 0.05) is 24.3 Å². The van der Waals surface area contributed by atoms with Gasteiger partial charge in [0.2, 0.25) is 0 Å². The summed E-state index contributed by atoms with van der Waals surface area (Å²) in [6.45, 7) is 5.46. The molecule has 2 atom stereocenters. The van der Waals surface area contributed by atoms with E-state index in [1.54, 1.807) is 12.1 Å². The Morgan fingerprint density at radius 2 is 1.76 bits per heavy atom. The molecular formula is C24H28NO4-. The Kier molecular flexibility index (Phi) is 6.70. The molecule has 1 aliphatic heterocycles. The highest BCUT2D eigenvalue weighted by molar-refractivity contribution is 6.04. The minimum Gasteiger partial charge on any atom is -0.545 e. The van der Waals surface area contributed by atoms with E-state index in [0.29, 0.717) is 18.4 Å². The molecule has 1 fully saturated rings. The number of aromatic carboxylic acids is 1. The number of carboxylic acids is 1. The van der Waals surface area contributed by atoms with Crippen LogP contribution in [0.4, 0.5) is 0 Å². The number of ether oxygens (including phenoxy) is 1. The average molecular weight is 394 g/mol. The fourth-order valence-electron chi connectivity index (χ4n) is 4.29. The second-order valence-corrected chi connectivity index (χ2v) is 8.26. The highest BCUT2D eigenvalue weighted by Gasteiger charge is 2.34. The van der Waals surface area contributed by atoms with Gasteiger partial charge in [0.1, 0.15) is 0 Å². The van der Waals surface area contributed by atoms with Crippen LogP contribution >= 0.6 is 0 Å². The van der Waals surface area contributed by atoms with Gasteiger partial charge in [-0.15, -0.1) is 0 Å². The summed E-state index contributed by atoms with van der Waals surface area (Å²) in [5, 5.41) is 14.2. The number of benzene rings is 2. The molecular weight excluding hydrogens is 366 g/mol. The first-order valence-electron chi connectivity index (χ1n) is 10.1. The van der Waals surface area contributed by atoms with Crippen LogP contribution in [0, 0.1) is 5.92 Å². The van der Waals surface area contributed by atoms with Crippen LogP contribution in [-0.4, -0.2) is 30.6 Å². The van der Waals surface area contributed by atoms with Crippen molar-refractivity contribution < 1.29 is 19.4 Å². The first-order valence-corrected chi connectivity index (χ1v) is 10.1. The second kappa shape index (κ2) is 9.23. The fourth-order valence-corrected chi connectivity index (χ4v) is 4.29. The minimum absolute atomic E-state index is 0.0872. The lowest BCUT2D eigenvalue weighted by molar-refractivity contribution is -0.255. The largest absolute Gasteiger partial charge is 0.545 e. The topological polar surface area (TPSA) is 78.5 Å². The Morgan fingerprint density at radius 3 is 2.41 bits per heavy atom. The van der Waals surface area contributed by atoms with Gasteiger partial charge in [-0.1, -0.05) is 48.5 Å². The molecule has 0 unspecified atom stereocenters. The molecule has 2 aromatic rings. The predicted octanol–water partition coefficient (Wildman–Crippen LogP) is 3.16. The molecule has 0 aliphatic carbocycles. The lowest BCUT2D eigenvalue weighted by atomic mass is 9.75. The lowest BCUT2D eigenvalue weighted by Crippen LogP contribution is -2.37. The normalized spacial score (nSPS) is 19.3. The molecule has 2 aromatic carbocycles. The molecule has 29 heavy (non-hydrogen) atoms. The summed E-state index contributed by atoms with van der Waals surface area (Å²) in [4.78, 5) is 23.8.